The predicted octanol–water partition coefficient (Wildman–Crippen LogP) is 2.30. The van der Waals surface area contributed by atoms with Gasteiger partial charge in [-0.15, -0.1) is 0 Å². The molecule has 1 atom stereocenters. The van der Waals surface area contributed by atoms with Gasteiger partial charge in [-0.05, 0) is 19.1 Å². The van der Waals surface area contributed by atoms with Crippen LogP contribution in [0, 0.1) is 0 Å². The number of aliphatic hydroxyl groups is 1. The molecule has 108 valence electrons. The lowest BCUT2D eigenvalue weighted by molar-refractivity contribution is -0.137. The highest BCUT2D eigenvalue weighted by atomic mass is 19.4. The monoisotopic (exact) mass is 278 g/mol. The third-order valence-corrected chi connectivity index (χ3v) is 2.58. The van der Waals surface area contributed by atoms with Crippen molar-refractivity contribution in [2.24, 2.45) is 0 Å². The molecule has 0 fully saturated rings. The molecule has 1 rings (SSSR count). The maximum atomic E-state index is 12.5. The molecule has 0 saturated heterocycles. The molecule has 1 unspecified atom stereocenters. The van der Waals surface area contributed by atoms with Gasteiger partial charge in [0.2, 0.25) is 0 Å². The Balaban J connectivity index is 2.63. The minimum absolute atomic E-state index is 0.0764. The van der Waals surface area contributed by atoms with Gasteiger partial charge in [-0.25, -0.2) is 4.98 Å². The zero-order chi connectivity index (χ0) is 14.5. The van der Waals surface area contributed by atoms with Crippen molar-refractivity contribution in [1.82, 2.24) is 4.98 Å². The summed E-state index contributed by atoms with van der Waals surface area (Å²) in [5.41, 5.74) is -1.85. The molecule has 1 aromatic rings. The van der Waals surface area contributed by atoms with Gasteiger partial charge in [0.05, 0.1) is 11.2 Å². The Morgan fingerprint density at radius 3 is 2.68 bits per heavy atom. The second-order valence-electron chi connectivity index (χ2n) is 4.52. The number of hydrogen-bond donors (Lipinski definition) is 2. The fourth-order valence-corrected chi connectivity index (χ4v) is 1.39. The first-order chi connectivity index (χ1) is 8.74. The van der Waals surface area contributed by atoms with Crippen molar-refractivity contribution in [3.8, 4) is 0 Å². The Hall–Kier alpha value is -1.34. The molecule has 0 amide bonds. The van der Waals surface area contributed by atoms with Crippen molar-refractivity contribution >= 4 is 5.82 Å². The van der Waals surface area contributed by atoms with Crippen molar-refractivity contribution in [3.63, 3.8) is 0 Å². The number of ether oxygens (including phenoxy) is 1. The van der Waals surface area contributed by atoms with Crippen LogP contribution in [-0.4, -0.2) is 36.0 Å². The molecule has 1 heterocycles. The second-order valence-corrected chi connectivity index (χ2v) is 4.52. The van der Waals surface area contributed by atoms with E-state index in [0.29, 0.717) is 13.0 Å². The Morgan fingerprint density at radius 2 is 2.11 bits per heavy atom. The van der Waals surface area contributed by atoms with Gasteiger partial charge in [0.25, 0.3) is 0 Å². The number of rotatable bonds is 6. The number of anilines is 1. The van der Waals surface area contributed by atoms with Gasteiger partial charge in [0.15, 0.2) is 0 Å². The lowest BCUT2D eigenvalue weighted by Gasteiger charge is -2.23. The van der Waals surface area contributed by atoms with E-state index in [0.717, 1.165) is 18.3 Å². The Bertz CT molecular complexity index is 408. The lowest BCUT2D eigenvalue weighted by atomic mass is 10.0. The molecule has 1 aromatic heterocycles. The summed E-state index contributed by atoms with van der Waals surface area (Å²) in [7, 11) is 1.51. The van der Waals surface area contributed by atoms with Gasteiger partial charge >= 0.3 is 6.18 Å². The summed E-state index contributed by atoms with van der Waals surface area (Å²) in [5, 5.41) is 12.6. The van der Waals surface area contributed by atoms with E-state index in [2.05, 4.69) is 10.3 Å². The van der Waals surface area contributed by atoms with Crippen molar-refractivity contribution in [1.29, 1.82) is 0 Å². The number of halogens is 3. The van der Waals surface area contributed by atoms with Crippen molar-refractivity contribution in [2.45, 2.75) is 25.1 Å². The number of nitrogens with one attached hydrogen (secondary N) is 1. The van der Waals surface area contributed by atoms with E-state index in [4.69, 9.17) is 4.74 Å². The van der Waals surface area contributed by atoms with Crippen LogP contribution in [0.3, 0.4) is 0 Å². The third kappa shape index (κ3) is 5.44. The zero-order valence-corrected chi connectivity index (χ0v) is 10.8. The first-order valence-electron chi connectivity index (χ1n) is 5.73. The molecular formula is C12H17F3N2O2. The van der Waals surface area contributed by atoms with Crippen molar-refractivity contribution in [2.75, 3.05) is 25.6 Å². The Labute approximate surface area is 109 Å². The zero-order valence-electron chi connectivity index (χ0n) is 10.8. The van der Waals surface area contributed by atoms with Gasteiger partial charge in [-0.3, -0.25) is 0 Å². The molecule has 0 bridgehead atoms. The van der Waals surface area contributed by atoms with Gasteiger partial charge in [0, 0.05) is 32.9 Å². The highest BCUT2D eigenvalue weighted by Crippen LogP contribution is 2.29. The lowest BCUT2D eigenvalue weighted by Crippen LogP contribution is -2.34. The summed E-state index contributed by atoms with van der Waals surface area (Å²) in [4.78, 5) is 3.78. The van der Waals surface area contributed by atoms with Crippen LogP contribution < -0.4 is 5.32 Å². The molecule has 7 heteroatoms. The van der Waals surface area contributed by atoms with Crippen LogP contribution in [0.5, 0.6) is 0 Å². The smallest absolute Gasteiger partial charge is 0.388 e. The second kappa shape index (κ2) is 6.21. The van der Waals surface area contributed by atoms with Crippen LogP contribution in [0.2, 0.25) is 0 Å². The molecule has 4 nitrogen and oxygen atoms in total. The summed E-state index contributed by atoms with van der Waals surface area (Å²) in [6, 6.07) is 1.81. The molecule has 0 radical (unpaired) electrons. The molecule has 0 aromatic carbocycles. The molecular weight excluding hydrogens is 261 g/mol. The number of hydrogen-bond acceptors (Lipinski definition) is 4. The summed E-state index contributed by atoms with van der Waals surface area (Å²) in [5.74, 6) is 0.0764. The van der Waals surface area contributed by atoms with Crippen molar-refractivity contribution in [3.05, 3.63) is 23.9 Å². The average Bonchev–Trinajstić information content (AvgIpc) is 2.34. The highest BCUT2D eigenvalue weighted by Gasteiger charge is 2.30. The standard InChI is InChI=1S/C12H17F3N2O2/c1-11(18,4-6-19-2)8-17-10-7-9(3-5-16-10)12(13,14)15/h3,5,7,18H,4,6,8H2,1-2H3,(H,16,17). The number of nitrogens with zero attached hydrogens (tertiary/aromatic N) is 1. The first-order valence-corrected chi connectivity index (χ1v) is 5.73. The minimum atomic E-state index is -4.40. The normalized spacial score (nSPS) is 15.1. The number of methoxy groups -OCH3 is 1. The third-order valence-electron chi connectivity index (χ3n) is 2.58. The SMILES string of the molecule is COCCC(C)(O)CNc1cc(C(F)(F)F)ccn1. The van der Waals surface area contributed by atoms with E-state index >= 15 is 0 Å². The highest BCUT2D eigenvalue weighted by molar-refractivity contribution is 5.38. The van der Waals surface area contributed by atoms with E-state index in [-0.39, 0.29) is 12.4 Å². The summed E-state index contributed by atoms with van der Waals surface area (Å²) >= 11 is 0. The molecule has 0 saturated carbocycles. The largest absolute Gasteiger partial charge is 0.416 e. The number of alkyl halides is 3. The van der Waals surface area contributed by atoms with Crippen LogP contribution >= 0.6 is 0 Å². The van der Waals surface area contributed by atoms with Gasteiger partial charge in [-0.1, -0.05) is 0 Å². The number of pyridine rings is 1. The fraction of sp³-hybridized carbons (Fsp3) is 0.583. The van der Waals surface area contributed by atoms with Crippen LogP contribution in [0.4, 0.5) is 19.0 Å². The van der Waals surface area contributed by atoms with E-state index < -0.39 is 17.3 Å². The Kier molecular flexibility index (Phi) is 5.13. The van der Waals surface area contributed by atoms with Crippen LogP contribution in [0.15, 0.2) is 18.3 Å². The predicted molar refractivity (Wildman–Crippen MR) is 64.8 cm³/mol. The van der Waals surface area contributed by atoms with Gasteiger partial charge in [-0.2, -0.15) is 13.2 Å². The summed E-state index contributed by atoms with van der Waals surface area (Å²) < 4.78 is 42.3. The topological polar surface area (TPSA) is 54.4 Å². The fourth-order valence-electron chi connectivity index (χ4n) is 1.39. The molecule has 0 spiro atoms. The molecule has 0 aliphatic rings. The van der Waals surface area contributed by atoms with Crippen LogP contribution in [0.25, 0.3) is 0 Å². The Morgan fingerprint density at radius 1 is 1.42 bits per heavy atom. The van der Waals surface area contributed by atoms with Crippen LogP contribution in [-0.2, 0) is 10.9 Å². The molecule has 19 heavy (non-hydrogen) atoms. The van der Waals surface area contributed by atoms with E-state index in [1.165, 1.54) is 7.11 Å². The van der Waals surface area contributed by atoms with Crippen molar-refractivity contribution < 1.29 is 23.0 Å². The molecule has 0 aliphatic heterocycles. The summed E-state index contributed by atoms with van der Waals surface area (Å²) in [6.07, 6.45) is -2.96. The average molecular weight is 278 g/mol. The minimum Gasteiger partial charge on any atom is -0.388 e. The molecule has 0 aliphatic carbocycles. The maximum Gasteiger partial charge on any atom is 0.416 e. The first kappa shape index (κ1) is 15.7. The molecule has 2 N–H and O–H groups in total. The van der Waals surface area contributed by atoms with Crippen LogP contribution in [0.1, 0.15) is 18.9 Å². The quantitative estimate of drug-likeness (QED) is 0.838. The van der Waals surface area contributed by atoms with E-state index in [1.807, 2.05) is 0 Å². The maximum absolute atomic E-state index is 12.5. The summed E-state index contributed by atoms with van der Waals surface area (Å²) in [6.45, 7) is 2.03. The van der Waals surface area contributed by atoms with Gasteiger partial charge < -0.3 is 15.2 Å². The van der Waals surface area contributed by atoms with E-state index in [9.17, 15) is 18.3 Å². The van der Waals surface area contributed by atoms with Gasteiger partial charge in [0.1, 0.15) is 5.82 Å². The number of aromatic nitrogens is 1. The van der Waals surface area contributed by atoms with E-state index in [1.54, 1.807) is 6.92 Å².